The smallest absolute Gasteiger partial charge is 0.264 e. The lowest BCUT2D eigenvalue weighted by molar-refractivity contribution is 0.0598. The van der Waals surface area contributed by atoms with Crippen molar-refractivity contribution in [3.05, 3.63) is 68.9 Å². The Kier molecular flexibility index (Phi) is 5.48. The summed E-state index contributed by atoms with van der Waals surface area (Å²) in [7, 11) is 0. The summed E-state index contributed by atoms with van der Waals surface area (Å²) in [4.78, 5) is 17.6. The molecule has 3 aromatic rings. The second kappa shape index (κ2) is 8.03. The fourth-order valence-electron chi connectivity index (χ4n) is 3.46. The standard InChI is InChI=1S/C21H24N4OS2/c1-16-5-6-18(14-17(16)2)25-12-11-24(21(25)27)15-22-7-9-23(10-8-22)20(26)19-4-3-13-28-19/h3-6,11-14H,7-10,15H2,1-2H3. The fraction of sp³-hybridized carbons (Fsp3) is 0.333. The number of benzene rings is 1. The van der Waals surface area contributed by atoms with Gasteiger partial charge >= 0.3 is 0 Å². The van der Waals surface area contributed by atoms with Crippen LogP contribution in [-0.2, 0) is 6.67 Å². The van der Waals surface area contributed by atoms with Crippen LogP contribution in [0.3, 0.4) is 0 Å². The lowest BCUT2D eigenvalue weighted by Crippen LogP contribution is -2.48. The average Bonchev–Trinajstić information content (AvgIpc) is 3.35. The lowest BCUT2D eigenvalue weighted by atomic mass is 10.1. The SMILES string of the molecule is Cc1ccc(-n2ccn(CN3CCN(C(=O)c4cccs4)CC3)c2=S)cc1C. The van der Waals surface area contributed by atoms with Gasteiger partial charge < -0.3 is 9.47 Å². The molecule has 1 aromatic carbocycles. The maximum atomic E-state index is 12.5. The van der Waals surface area contributed by atoms with Gasteiger partial charge in [0.25, 0.3) is 5.91 Å². The van der Waals surface area contributed by atoms with Crippen LogP contribution in [0.25, 0.3) is 5.69 Å². The molecule has 0 saturated carbocycles. The zero-order valence-corrected chi connectivity index (χ0v) is 17.8. The van der Waals surface area contributed by atoms with E-state index < -0.39 is 0 Å². The van der Waals surface area contributed by atoms with E-state index in [1.54, 1.807) is 0 Å². The molecule has 1 saturated heterocycles. The van der Waals surface area contributed by atoms with Gasteiger partial charge in [-0.2, -0.15) is 0 Å². The third kappa shape index (κ3) is 3.83. The highest BCUT2D eigenvalue weighted by Gasteiger charge is 2.22. The average molecular weight is 413 g/mol. The number of carbonyl (C=O) groups is 1. The molecule has 3 heterocycles. The van der Waals surface area contributed by atoms with Gasteiger partial charge in [0.15, 0.2) is 4.77 Å². The number of rotatable bonds is 4. The van der Waals surface area contributed by atoms with Crippen molar-refractivity contribution in [3.63, 3.8) is 0 Å². The predicted octanol–water partition coefficient (Wildman–Crippen LogP) is 4.10. The largest absolute Gasteiger partial charge is 0.335 e. The molecule has 1 amide bonds. The number of imidazole rings is 1. The van der Waals surface area contributed by atoms with E-state index in [9.17, 15) is 4.79 Å². The molecule has 7 heteroatoms. The van der Waals surface area contributed by atoms with E-state index >= 15 is 0 Å². The molecule has 146 valence electrons. The Morgan fingerprint density at radius 2 is 1.86 bits per heavy atom. The van der Waals surface area contributed by atoms with Crippen LogP contribution in [0.4, 0.5) is 0 Å². The van der Waals surface area contributed by atoms with Crippen LogP contribution in [0.1, 0.15) is 20.8 Å². The summed E-state index contributed by atoms with van der Waals surface area (Å²) in [5, 5.41) is 1.95. The summed E-state index contributed by atoms with van der Waals surface area (Å²) < 4.78 is 4.94. The zero-order valence-electron chi connectivity index (χ0n) is 16.2. The lowest BCUT2D eigenvalue weighted by Gasteiger charge is -2.34. The van der Waals surface area contributed by atoms with E-state index in [0.717, 1.165) is 48.2 Å². The molecule has 0 bridgehead atoms. The Morgan fingerprint density at radius 3 is 2.54 bits per heavy atom. The van der Waals surface area contributed by atoms with E-state index in [1.165, 1.54) is 22.5 Å². The zero-order chi connectivity index (χ0) is 19.7. The van der Waals surface area contributed by atoms with Gasteiger partial charge in [-0.15, -0.1) is 11.3 Å². The molecule has 28 heavy (non-hydrogen) atoms. The number of aromatic nitrogens is 2. The minimum Gasteiger partial charge on any atom is -0.335 e. The van der Waals surface area contributed by atoms with Gasteiger partial charge in [-0.25, -0.2) is 0 Å². The Bertz CT molecular complexity index is 1030. The summed E-state index contributed by atoms with van der Waals surface area (Å²) in [5.41, 5.74) is 3.64. The van der Waals surface area contributed by atoms with Crippen molar-refractivity contribution in [1.82, 2.24) is 18.9 Å². The van der Waals surface area contributed by atoms with Gasteiger partial charge in [0.05, 0.1) is 11.5 Å². The Labute approximate surface area is 174 Å². The molecule has 0 atom stereocenters. The first-order valence-electron chi connectivity index (χ1n) is 9.43. The summed E-state index contributed by atoms with van der Waals surface area (Å²) in [6.07, 6.45) is 4.07. The van der Waals surface area contributed by atoms with Crippen molar-refractivity contribution in [2.45, 2.75) is 20.5 Å². The first-order valence-corrected chi connectivity index (χ1v) is 10.7. The van der Waals surface area contributed by atoms with E-state index in [0.29, 0.717) is 0 Å². The minimum absolute atomic E-state index is 0.146. The van der Waals surface area contributed by atoms with Crippen molar-refractivity contribution in [2.75, 3.05) is 26.2 Å². The van der Waals surface area contributed by atoms with Gasteiger partial charge in [0.2, 0.25) is 0 Å². The van der Waals surface area contributed by atoms with Gasteiger partial charge in [-0.1, -0.05) is 12.1 Å². The predicted molar refractivity (Wildman–Crippen MR) is 116 cm³/mol. The second-order valence-corrected chi connectivity index (χ2v) is 8.53. The molecule has 2 aromatic heterocycles. The molecule has 0 unspecified atom stereocenters. The third-order valence-corrected chi connectivity index (χ3v) is 6.65. The topological polar surface area (TPSA) is 33.4 Å². The summed E-state index contributed by atoms with van der Waals surface area (Å²) in [6.45, 7) is 8.20. The first-order chi connectivity index (χ1) is 13.5. The Hall–Kier alpha value is -2.22. The van der Waals surface area contributed by atoms with E-state index in [2.05, 4.69) is 46.1 Å². The first kappa shape index (κ1) is 19.1. The van der Waals surface area contributed by atoms with E-state index in [1.807, 2.05) is 34.8 Å². The van der Waals surface area contributed by atoms with Crippen molar-refractivity contribution in [3.8, 4) is 5.69 Å². The van der Waals surface area contributed by atoms with Gasteiger partial charge in [0.1, 0.15) is 0 Å². The van der Waals surface area contributed by atoms with Crippen LogP contribution in [-0.4, -0.2) is 51.0 Å². The molecule has 1 fully saturated rings. The van der Waals surface area contributed by atoms with Crippen LogP contribution in [0, 0.1) is 18.6 Å². The molecule has 0 aliphatic carbocycles. The highest BCUT2D eigenvalue weighted by molar-refractivity contribution is 7.71. The monoisotopic (exact) mass is 412 g/mol. The van der Waals surface area contributed by atoms with Crippen molar-refractivity contribution < 1.29 is 4.79 Å². The number of carbonyl (C=O) groups excluding carboxylic acids is 1. The summed E-state index contributed by atoms with van der Waals surface area (Å²) in [6, 6.07) is 10.2. The number of hydrogen-bond donors (Lipinski definition) is 0. The molecular weight excluding hydrogens is 388 g/mol. The molecule has 0 spiro atoms. The number of nitrogens with zero attached hydrogens (tertiary/aromatic N) is 4. The second-order valence-electron chi connectivity index (χ2n) is 7.22. The van der Waals surface area contributed by atoms with Crippen LogP contribution < -0.4 is 0 Å². The maximum Gasteiger partial charge on any atom is 0.264 e. The number of amides is 1. The molecule has 1 aliphatic rings. The van der Waals surface area contributed by atoms with E-state index in [-0.39, 0.29) is 5.91 Å². The third-order valence-electron chi connectivity index (χ3n) is 5.36. The molecule has 0 radical (unpaired) electrons. The van der Waals surface area contributed by atoms with Crippen molar-refractivity contribution >= 4 is 29.5 Å². The Balaban J connectivity index is 1.41. The molecule has 0 N–H and O–H groups in total. The maximum absolute atomic E-state index is 12.5. The van der Waals surface area contributed by atoms with Crippen LogP contribution in [0.2, 0.25) is 0 Å². The van der Waals surface area contributed by atoms with Crippen LogP contribution >= 0.6 is 23.6 Å². The molecular formula is C21H24N4OS2. The molecule has 1 aliphatic heterocycles. The minimum atomic E-state index is 0.146. The summed E-state index contributed by atoms with van der Waals surface area (Å²) >= 11 is 7.21. The fourth-order valence-corrected chi connectivity index (χ4v) is 4.43. The van der Waals surface area contributed by atoms with Gasteiger partial charge in [-0.3, -0.25) is 14.3 Å². The van der Waals surface area contributed by atoms with Gasteiger partial charge in [-0.05, 0) is 60.8 Å². The van der Waals surface area contributed by atoms with Gasteiger partial charge in [0, 0.05) is 44.3 Å². The highest BCUT2D eigenvalue weighted by atomic mass is 32.1. The van der Waals surface area contributed by atoms with Crippen LogP contribution in [0.15, 0.2) is 48.1 Å². The molecule has 5 nitrogen and oxygen atoms in total. The number of hydrogen-bond acceptors (Lipinski definition) is 4. The Morgan fingerprint density at radius 1 is 1.07 bits per heavy atom. The van der Waals surface area contributed by atoms with Crippen molar-refractivity contribution in [2.24, 2.45) is 0 Å². The van der Waals surface area contributed by atoms with Crippen LogP contribution in [0.5, 0.6) is 0 Å². The number of aryl methyl sites for hydroxylation is 2. The van der Waals surface area contributed by atoms with E-state index in [4.69, 9.17) is 12.2 Å². The highest BCUT2D eigenvalue weighted by Crippen LogP contribution is 2.17. The normalized spacial score (nSPS) is 15.1. The quantitative estimate of drug-likeness (QED) is 0.605. The van der Waals surface area contributed by atoms with Crippen molar-refractivity contribution in [1.29, 1.82) is 0 Å². The number of thiophene rings is 1. The number of piperazine rings is 1. The molecule has 4 rings (SSSR count). The summed E-state index contributed by atoms with van der Waals surface area (Å²) in [5.74, 6) is 0.146.